The Hall–Kier alpha value is -1.23. The molecule has 0 amide bonds. The number of rotatable bonds is 6. The predicted molar refractivity (Wildman–Crippen MR) is 87.2 cm³/mol. The van der Waals surface area contributed by atoms with Crippen molar-refractivity contribution < 1.29 is 19.0 Å². The van der Waals surface area contributed by atoms with Crippen LogP contribution in [0.1, 0.15) is 44.1 Å². The first-order valence-electron chi connectivity index (χ1n) is 8.74. The van der Waals surface area contributed by atoms with Crippen molar-refractivity contribution in [2.45, 2.75) is 63.4 Å². The van der Waals surface area contributed by atoms with Gasteiger partial charge >= 0.3 is 0 Å². The average Bonchev–Trinajstić information content (AvgIpc) is 2.61. The van der Waals surface area contributed by atoms with E-state index in [0.717, 1.165) is 38.7 Å². The maximum Gasteiger partial charge on any atom is 0.161 e. The highest BCUT2D eigenvalue weighted by Crippen LogP contribution is 2.24. The summed E-state index contributed by atoms with van der Waals surface area (Å²) in [7, 11) is 0. The van der Waals surface area contributed by atoms with E-state index < -0.39 is 0 Å². The topological polar surface area (TPSA) is 44.8 Å². The number of hydrogen-bond acceptors (Lipinski definition) is 4. The fourth-order valence-corrected chi connectivity index (χ4v) is 3.34. The lowest BCUT2D eigenvalue weighted by molar-refractivity contribution is -0.139. The molecule has 2 saturated heterocycles. The van der Waals surface area contributed by atoms with Crippen LogP contribution >= 0.6 is 0 Å². The molecular formula is C19H26O4. The van der Waals surface area contributed by atoms with Gasteiger partial charge < -0.3 is 14.2 Å². The van der Waals surface area contributed by atoms with Crippen molar-refractivity contribution in [2.75, 3.05) is 13.2 Å². The van der Waals surface area contributed by atoms with Gasteiger partial charge in [0.2, 0.25) is 0 Å². The second kappa shape index (κ2) is 8.57. The number of Topliss-reactive ketones (excluding diaryl/α,β-unsaturated/α-hetero) is 1. The van der Waals surface area contributed by atoms with Gasteiger partial charge in [0, 0.05) is 19.6 Å². The van der Waals surface area contributed by atoms with E-state index in [1.807, 2.05) is 18.2 Å². The molecule has 23 heavy (non-hydrogen) atoms. The third kappa shape index (κ3) is 4.87. The van der Waals surface area contributed by atoms with Crippen LogP contribution in [0.2, 0.25) is 0 Å². The molecule has 0 spiro atoms. The lowest BCUT2D eigenvalue weighted by Gasteiger charge is -2.33. The first kappa shape index (κ1) is 16.6. The van der Waals surface area contributed by atoms with Gasteiger partial charge in [-0.05, 0) is 37.7 Å². The maximum atomic E-state index is 11.9. The minimum Gasteiger partial charge on any atom is -0.376 e. The van der Waals surface area contributed by atoms with E-state index in [4.69, 9.17) is 14.2 Å². The number of hydrogen-bond donors (Lipinski definition) is 0. The fraction of sp³-hybridized carbons (Fsp3) is 0.632. The van der Waals surface area contributed by atoms with E-state index in [-0.39, 0.29) is 24.1 Å². The van der Waals surface area contributed by atoms with Crippen molar-refractivity contribution in [2.24, 2.45) is 0 Å². The predicted octanol–water partition coefficient (Wildman–Crippen LogP) is 3.28. The van der Waals surface area contributed by atoms with E-state index >= 15 is 0 Å². The van der Waals surface area contributed by atoms with Crippen LogP contribution in [0.15, 0.2) is 30.3 Å². The van der Waals surface area contributed by atoms with E-state index in [9.17, 15) is 4.79 Å². The number of ketones is 1. The minimum atomic E-state index is -0.232. The van der Waals surface area contributed by atoms with Crippen molar-refractivity contribution >= 4 is 5.78 Å². The summed E-state index contributed by atoms with van der Waals surface area (Å²) in [4.78, 5) is 11.9. The Bertz CT molecular complexity index is 487. The molecule has 0 N–H and O–H groups in total. The zero-order valence-corrected chi connectivity index (χ0v) is 13.6. The van der Waals surface area contributed by atoms with Gasteiger partial charge in [-0.1, -0.05) is 30.3 Å². The molecule has 0 aromatic heterocycles. The van der Waals surface area contributed by atoms with Gasteiger partial charge in [0.25, 0.3) is 0 Å². The standard InChI is InChI=1S/C19H26O4/c20-16-8-4-12-21-17(16)10-11-19-18(9-5-13-22-19)23-14-15-6-2-1-3-7-15/h1-3,6-7,17-19H,4-5,8-14H2/t17-,18+,19-/m0/s1. The van der Waals surface area contributed by atoms with Crippen molar-refractivity contribution in [1.29, 1.82) is 0 Å². The van der Waals surface area contributed by atoms with Gasteiger partial charge in [0.1, 0.15) is 6.10 Å². The van der Waals surface area contributed by atoms with Crippen molar-refractivity contribution in [3.05, 3.63) is 35.9 Å². The lowest BCUT2D eigenvalue weighted by atomic mass is 9.96. The molecule has 2 aliphatic heterocycles. The molecule has 0 bridgehead atoms. The second-order valence-corrected chi connectivity index (χ2v) is 6.39. The van der Waals surface area contributed by atoms with E-state index in [1.165, 1.54) is 5.56 Å². The van der Waals surface area contributed by atoms with Crippen molar-refractivity contribution in [3.8, 4) is 0 Å². The summed E-state index contributed by atoms with van der Waals surface area (Å²) in [5, 5.41) is 0. The molecule has 2 aliphatic rings. The van der Waals surface area contributed by atoms with Crippen LogP contribution in [0.25, 0.3) is 0 Å². The molecule has 0 unspecified atom stereocenters. The average molecular weight is 318 g/mol. The van der Waals surface area contributed by atoms with Crippen LogP contribution in [0.3, 0.4) is 0 Å². The highest BCUT2D eigenvalue weighted by Gasteiger charge is 2.30. The van der Waals surface area contributed by atoms with Crippen LogP contribution in [0.5, 0.6) is 0 Å². The van der Waals surface area contributed by atoms with Crippen LogP contribution in [-0.4, -0.2) is 37.3 Å². The van der Waals surface area contributed by atoms with Crippen LogP contribution in [-0.2, 0) is 25.6 Å². The largest absolute Gasteiger partial charge is 0.376 e. The van der Waals surface area contributed by atoms with Crippen molar-refractivity contribution in [3.63, 3.8) is 0 Å². The third-order valence-corrected chi connectivity index (χ3v) is 4.65. The van der Waals surface area contributed by atoms with Gasteiger partial charge in [-0.25, -0.2) is 0 Å². The zero-order chi connectivity index (χ0) is 15.9. The summed E-state index contributed by atoms with van der Waals surface area (Å²) in [6, 6.07) is 10.2. The highest BCUT2D eigenvalue weighted by atomic mass is 16.5. The first-order chi connectivity index (χ1) is 11.3. The summed E-state index contributed by atoms with van der Waals surface area (Å²) < 4.78 is 17.6. The van der Waals surface area contributed by atoms with Crippen LogP contribution in [0, 0.1) is 0 Å². The zero-order valence-electron chi connectivity index (χ0n) is 13.6. The number of carbonyl (C=O) groups is 1. The number of benzene rings is 1. The smallest absolute Gasteiger partial charge is 0.161 e. The third-order valence-electron chi connectivity index (χ3n) is 4.65. The van der Waals surface area contributed by atoms with Gasteiger partial charge in [-0.2, -0.15) is 0 Å². The summed E-state index contributed by atoms with van der Waals surface area (Å²) in [6.45, 7) is 2.11. The van der Waals surface area contributed by atoms with Crippen LogP contribution < -0.4 is 0 Å². The Morgan fingerprint density at radius 1 is 1.04 bits per heavy atom. The monoisotopic (exact) mass is 318 g/mol. The van der Waals surface area contributed by atoms with Gasteiger partial charge in [-0.3, -0.25) is 4.79 Å². The van der Waals surface area contributed by atoms with E-state index in [2.05, 4.69) is 12.1 Å². The Balaban J connectivity index is 1.48. The number of ether oxygens (including phenoxy) is 3. The molecule has 3 atom stereocenters. The quantitative estimate of drug-likeness (QED) is 0.807. The number of carbonyl (C=O) groups excluding carboxylic acids is 1. The van der Waals surface area contributed by atoms with E-state index in [0.29, 0.717) is 19.6 Å². The highest BCUT2D eigenvalue weighted by molar-refractivity contribution is 5.83. The summed E-state index contributed by atoms with van der Waals surface area (Å²) in [5.74, 6) is 0.244. The molecule has 0 saturated carbocycles. The fourth-order valence-electron chi connectivity index (χ4n) is 3.34. The molecule has 2 heterocycles. The second-order valence-electron chi connectivity index (χ2n) is 6.39. The molecule has 1 aromatic rings. The lowest BCUT2D eigenvalue weighted by Crippen LogP contribution is -2.38. The van der Waals surface area contributed by atoms with Gasteiger partial charge in [0.05, 0.1) is 18.8 Å². The Morgan fingerprint density at radius 3 is 2.70 bits per heavy atom. The molecule has 0 aliphatic carbocycles. The minimum absolute atomic E-state index is 0.0748. The molecular weight excluding hydrogens is 292 g/mol. The molecule has 1 aromatic carbocycles. The van der Waals surface area contributed by atoms with Crippen molar-refractivity contribution in [1.82, 2.24) is 0 Å². The molecule has 126 valence electrons. The summed E-state index contributed by atoms with van der Waals surface area (Å²) >= 11 is 0. The maximum absolute atomic E-state index is 11.9. The van der Waals surface area contributed by atoms with E-state index in [1.54, 1.807) is 0 Å². The van der Waals surface area contributed by atoms with Gasteiger partial charge in [0.15, 0.2) is 5.78 Å². The Labute approximate surface area is 138 Å². The Morgan fingerprint density at radius 2 is 1.87 bits per heavy atom. The molecule has 3 rings (SSSR count). The Kier molecular flexibility index (Phi) is 6.20. The summed E-state index contributed by atoms with van der Waals surface area (Å²) in [5.41, 5.74) is 1.18. The molecule has 2 fully saturated rings. The SMILES string of the molecule is O=C1CCCO[C@H]1CC[C@@H]1OCCC[C@H]1OCc1ccccc1. The molecule has 4 heteroatoms. The normalized spacial score (nSPS) is 28.7. The van der Waals surface area contributed by atoms with Gasteiger partial charge in [-0.15, -0.1) is 0 Å². The molecule has 4 nitrogen and oxygen atoms in total. The summed E-state index contributed by atoms with van der Waals surface area (Å²) in [6.07, 6.45) is 5.11. The first-order valence-corrected chi connectivity index (χ1v) is 8.74. The molecule has 0 radical (unpaired) electrons. The van der Waals surface area contributed by atoms with Crippen LogP contribution in [0.4, 0.5) is 0 Å².